The molecule has 1 fully saturated rings. The Labute approximate surface area is 136 Å². The van der Waals surface area contributed by atoms with Gasteiger partial charge in [0.25, 0.3) is 0 Å². The van der Waals surface area contributed by atoms with Crippen LogP contribution in [0.25, 0.3) is 11.1 Å². The molecule has 6 heteroatoms. The third kappa shape index (κ3) is 2.80. The first-order valence-corrected chi connectivity index (χ1v) is 7.39. The second-order valence-corrected chi connectivity index (χ2v) is 5.83. The molecule has 3 atom stereocenters. The minimum absolute atomic E-state index is 0.0166. The lowest BCUT2D eigenvalue weighted by Crippen LogP contribution is -2.59. The van der Waals surface area contributed by atoms with Crippen LogP contribution in [0.3, 0.4) is 0 Å². The Bertz CT molecular complexity index is 747. The average Bonchev–Trinajstić information content (AvgIpc) is 2.48. The molecule has 0 bridgehead atoms. The van der Waals surface area contributed by atoms with Crippen LogP contribution < -0.4 is 5.32 Å². The fourth-order valence-corrected chi connectivity index (χ4v) is 3.23. The van der Waals surface area contributed by atoms with E-state index >= 15 is 0 Å². The van der Waals surface area contributed by atoms with Crippen molar-refractivity contribution >= 4 is 11.6 Å². The van der Waals surface area contributed by atoms with Gasteiger partial charge < -0.3 is 0 Å². The number of nitriles is 1. The summed E-state index contributed by atoms with van der Waals surface area (Å²) in [5.74, 6) is -1.73. The van der Waals surface area contributed by atoms with Crippen LogP contribution in [-0.2, 0) is 0 Å². The number of rotatable bonds is 3. The number of benzene rings is 2. The van der Waals surface area contributed by atoms with Gasteiger partial charge in [0.2, 0.25) is 0 Å². The topological polar surface area (TPSA) is 35.8 Å². The van der Waals surface area contributed by atoms with Gasteiger partial charge in [-0.05, 0) is 17.2 Å². The average molecular weight is 337 g/mol. The SMILES string of the molecule is N#C[C@@H]1N[C@@H](CF)[C@H]1c1ccc(-c2c(F)cc(F)cc2Cl)cc1. The molecule has 1 saturated heterocycles. The second-order valence-electron chi connectivity index (χ2n) is 5.43. The largest absolute Gasteiger partial charge is 0.295 e. The molecule has 0 aromatic heterocycles. The molecule has 0 amide bonds. The molecule has 1 aliphatic rings. The maximum atomic E-state index is 13.9. The molecule has 0 aliphatic carbocycles. The zero-order valence-corrected chi connectivity index (χ0v) is 12.6. The molecule has 2 aromatic carbocycles. The Morgan fingerprint density at radius 3 is 2.43 bits per heavy atom. The molecule has 2 aromatic rings. The van der Waals surface area contributed by atoms with Gasteiger partial charge in [-0.3, -0.25) is 5.32 Å². The molecule has 118 valence electrons. The summed E-state index contributed by atoms with van der Waals surface area (Å²) in [6.07, 6.45) is 0. The summed E-state index contributed by atoms with van der Waals surface area (Å²) < 4.78 is 40.0. The number of alkyl halides is 1. The highest BCUT2D eigenvalue weighted by Gasteiger charge is 2.41. The third-order valence-electron chi connectivity index (χ3n) is 4.08. The highest BCUT2D eigenvalue weighted by atomic mass is 35.5. The molecular formula is C17H12ClF3N2. The maximum absolute atomic E-state index is 13.9. The van der Waals surface area contributed by atoms with E-state index < -0.39 is 30.4 Å². The van der Waals surface area contributed by atoms with Crippen LogP contribution in [0.4, 0.5) is 13.2 Å². The lowest BCUT2D eigenvalue weighted by atomic mass is 9.78. The number of nitrogens with zero attached hydrogens (tertiary/aromatic N) is 1. The van der Waals surface area contributed by atoms with Gasteiger partial charge in [0, 0.05) is 23.6 Å². The molecule has 0 radical (unpaired) electrons. The molecule has 0 saturated carbocycles. The Hall–Kier alpha value is -2.03. The number of nitrogens with one attached hydrogen (secondary N) is 1. The first-order chi connectivity index (χ1) is 11.0. The van der Waals surface area contributed by atoms with Gasteiger partial charge >= 0.3 is 0 Å². The van der Waals surface area contributed by atoms with Gasteiger partial charge in [-0.25, -0.2) is 13.2 Å². The van der Waals surface area contributed by atoms with Crippen molar-refractivity contribution in [2.24, 2.45) is 0 Å². The predicted molar refractivity (Wildman–Crippen MR) is 81.8 cm³/mol. The third-order valence-corrected chi connectivity index (χ3v) is 4.38. The van der Waals surface area contributed by atoms with Crippen LogP contribution in [0, 0.1) is 23.0 Å². The molecule has 0 spiro atoms. The van der Waals surface area contributed by atoms with Gasteiger partial charge in [0.15, 0.2) is 0 Å². The summed E-state index contributed by atoms with van der Waals surface area (Å²) >= 11 is 5.92. The summed E-state index contributed by atoms with van der Waals surface area (Å²) in [6.45, 7) is -0.566. The zero-order valence-electron chi connectivity index (χ0n) is 11.9. The van der Waals surface area contributed by atoms with Gasteiger partial charge in [-0.2, -0.15) is 5.26 Å². The summed E-state index contributed by atoms with van der Waals surface area (Å²) in [4.78, 5) is 0. The van der Waals surface area contributed by atoms with E-state index in [9.17, 15) is 13.2 Å². The van der Waals surface area contributed by atoms with Crippen molar-refractivity contribution in [1.29, 1.82) is 5.26 Å². The zero-order chi connectivity index (χ0) is 16.6. The van der Waals surface area contributed by atoms with Gasteiger partial charge in [-0.1, -0.05) is 35.9 Å². The molecule has 2 nitrogen and oxygen atoms in total. The van der Waals surface area contributed by atoms with Crippen molar-refractivity contribution in [2.75, 3.05) is 6.67 Å². The lowest BCUT2D eigenvalue weighted by Gasteiger charge is -2.41. The van der Waals surface area contributed by atoms with E-state index in [0.717, 1.165) is 17.7 Å². The summed E-state index contributed by atoms with van der Waals surface area (Å²) in [6, 6.07) is 9.79. The first kappa shape index (κ1) is 15.9. The summed E-state index contributed by atoms with van der Waals surface area (Å²) in [5.41, 5.74) is 1.40. The summed E-state index contributed by atoms with van der Waals surface area (Å²) in [7, 11) is 0. The highest BCUT2D eigenvalue weighted by molar-refractivity contribution is 6.33. The van der Waals surface area contributed by atoms with E-state index in [1.54, 1.807) is 24.3 Å². The number of hydrogen-bond acceptors (Lipinski definition) is 2. The second kappa shape index (κ2) is 6.23. The van der Waals surface area contributed by atoms with E-state index in [4.69, 9.17) is 16.9 Å². The van der Waals surface area contributed by atoms with E-state index in [-0.39, 0.29) is 16.5 Å². The standard InChI is InChI=1S/C17H12ClF3N2/c18-12-5-11(20)6-13(21)16(12)9-1-3-10(4-2-9)17-14(7-19)23-15(17)8-22/h1-6,14-15,17,23H,7H2/t14-,15-,17+/m0/s1. The fraction of sp³-hybridized carbons (Fsp3) is 0.235. The Morgan fingerprint density at radius 1 is 1.17 bits per heavy atom. The number of hydrogen-bond donors (Lipinski definition) is 1. The molecule has 1 N–H and O–H groups in total. The van der Waals surface area contributed by atoms with Crippen LogP contribution in [0.2, 0.25) is 5.02 Å². The quantitative estimate of drug-likeness (QED) is 0.911. The van der Waals surface area contributed by atoms with Gasteiger partial charge in [0.05, 0.1) is 11.1 Å². The van der Waals surface area contributed by atoms with Crippen LogP contribution in [0.1, 0.15) is 11.5 Å². The van der Waals surface area contributed by atoms with Crippen molar-refractivity contribution in [2.45, 2.75) is 18.0 Å². The Kier molecular flexibility index (Phi) is 4.29. The number of halogens is 4. The van der Waals surface area contributed by atoms with Crippen molar-refractivity contribution < 1.29 is 13.2 Å². The molecule has 23 heavy (non-hydrogen) atoms. The van der Waals surface area contributed by atoms with Crippen molar-refractivity contribution in [3.63, 3.8) is 0 Å². The van der Waals surface area contributed by atoms with Gasteiger partial charge in [0.1, 0.15) is 24.4 Å². The first-order valence-electron chi connectivity index (χ1n) is 7.01. The minimum Gasteiger partial charge on any atom is -0.295 e. The maximum Gasteiger partial charge on any atom is 0.135 e. The van der Waals surface area contributed by atoms with Crippen LogP contribution in [-0.4, -0.2) is 18.8 Å². The van der Waals surface area contributed by atoms with Crippen molar-refractivity contribution in [3.05, 3.63) is 58.6 Å². The van der Waals surface area contributed by atoms with E-state index in [1.165, 1.54) is 0 Å². The predicted octanol–water partition coefficient (Wildman–Crippen LogP) is 4.20. The van der Waals surface area contributed by atoms with Crippen LogP contribution >= 0.6 is 11.6 Å². The highest BCUT2D eigenvalue weighted by Crippen LogP contribution is 2.35. The molecule has 0 unspecified atom stereocenters. The normalized spacial score (nSPS) is 23.2. The summed E-state index contributed by atoms with van der Waals surface area (Å²) in [5, 5.41) is 11.8. The van der Waals surface area contributed by atoms with Gasteiger partial charge in [-0.15, -0.1) is 0 Å². The monoisotopic (exact) mass is 336 g/mol. The van der Waals surface area contributed by atoms with E-state index in [2.05, 4.69) is 11.4 Å². The minimum atomic E-state index is -0.746. The molecule has 3 rings (SSSR count). The van der Waals surface area contributed by atoms with Crippen molar-refractivity contribution in [3.8, 4) is 17.2 Å². The fourth-order valence-electron chi connectivity index (χ4n) is 2.92. The van der Waals surface area contributed by atoms with Crippen molar-refractivity contribution in [1.82, 2.24) is 5.32 Å². The Morgan fingerprint density at radius 2 is 1.87 bits per heavy atom. The molecular weight excluding hydrogens is 325 g/mol. The lowest BCUT2D eigenvalue weighted by molar-refractivity contribution is 0.210. The van der Waals surface area contributed by atoms with E-state index in [1.807, 2.05) is 0 Å². The van der Waals surface area contributed by atoms with E-state index in [0.29, 0.717) is 5.56 Å². The van der Waals surface area contributed by atoms with Crippen LogP contribution in [0.15, 0.2) is 36.4 Å². The molecule has 1 heterocycles. The Balaban J connectivity index is 1.93. The van der Waals surface area contributed by atoms with Crippen LogP contribution in [0.5, 0.6) is 0 Å². The smallest absolute Gasteiger partial charge is 0.135 e. The molecule has 1 aliphatic heterocycles.